The number of methoxy groups -OCH3 is 1. The summed E-state index contributed by atoms with van der Waals surface area (Å²) < 4.78 is 17.1. The van der Waals surface area contributed by atoms with Crippen molar-refractivity contribution in [2.24, 2.45) is 10.9 Å². The molecule has 51 heavy (non-hydrogen) atoms. The summed E-state index contributed by atoms with van der Waals surface area (Å²) in [6.45, 7) is 10.1. The van der Waals surface area contributed by atoms with Crippen LogP contribution >= 0.6 is 15.9 Å². The van der Waals surface area contributed by atoms with E-state index in [9.17, 15) is 14.4 Å². The van der Waals surface area contributed by atoms with Gasteiger partial charge in [-0.2, -0.15) is 0 Å². The van der Waals surface area contributed by atoms with E-state index in [1.807, 2.05) is 60.4 Å². The Morgan fingerprint density at radius 3 is 2.51 bits per heavy atom. The highest BCUT2D eigenvalue weighted by molar-refractivity contribution is 9.10. The SMILES string of the molecule is COC(=O)NC1C(C)CN(c2ccncc2NC(=O)c2nc3cc(Br)ccc3cc2N=C(C)OCc2ccccc2)CC1NC(=O)OC(C)(C)C. The second-order valence-corrected chi connectivity index (χ2v) is 14.2. The van der Waals surface area contributed by atoms with E-state index in [2.05, 4.69) is 41.9 Å². The van der Waals surface area contributed by atoms with Crippen LogP contribution in [-0.2, 0) is 20.8 Å². The summed E-state index contributed by atoms with van der Waals surface area (Å²) in [4.78, 5) is 55.0. The molecule has 2 aromatic heterocycles. The highest BCUT2D eigenvalue weighted by Crippen LogP contribution is 2.32. The largest absolute Gasteiger partial charge is 0.476 e. The van der Waals surface area contributed by atoms with Crippen molar-refractivity contribution in [3.05, 3.63) is 88.8 Å². The number of hydrogen-bond donors (Lipinski definition) is 3. The third-order valence-electron chi connectivity index (χ3n) is 8.07. The summed E-state index contributed by atoms with van der Waals surface area (Å²) in [5, 5.41) is 9.58. The first-order valence-corrected chi connectivity index (χ1v) is 17.3. The molecule has 0 saturated carbocycles. The molecule has 1 fully saturated rings. The molecule has 0 bridgehead atoms. The fraction of sp³-hybridized carbons (Fsp3) is 0.351. The minimum absolute atomic E-state index is 0.0943. The lowest BCUT2D eigenvalue weighted by atomic mass is 9.89. The van der Waals surface area contributed by atoms with Gasteiger partial charge in [0.1, 0.15) is 12.2 Å². The standard InChI is InChI=1S/C37H42BrN7O6/c1-22-19-45(20-30(32(22)44-35(47)49-6)43-36(48)51-37(3,4)5)31-14-15-39-18-29(31)42-34(46)33-28(16-25-12-13-26(38)17-27(25)41-33)40-23(2)50-21-24-10-8-7-9-11-24/h7-18,22,30,32H,19-21H2,1-6H3,(H,42,46)(H,43,48)(H,44,47). The molecule has 14 heteroatoms. The Hall–Kier alpha value is -5.24. The molecule has 1 saturated heterocycles. The molecule has 3 N–H and O–H groups in total. The Morgan fingerprint density at radius 1 is 1.02 bits per heavy atom. The first kappa shape index (κ1) is 37.0. The molecule has 13 nitrogen and oxygen atoms in total. The van der Waals surface area contributed by atoms with E-state index in [1.165, 1.54) is 7.11 Å². The molecular weight excluding hydrogens is 718 g/mol. The third-order valence-corrected chi connectivity index (χ3v) is 8.57. The number of fused-ring (bicyclic) bond motifs is 1. The number of aliphatic imine (C=N–C) groups is 1. The number of halogens is 1. The zero-order valence-electron chi connectivity index (χ0n) is 29.4. The van der Waals surface area contributed by atoms with E-state index in [1.54, 1.807) is 52.2 Å². The Bertz CT molecular complexity index is 1920. The van der Waals surface area contributed by atoms with Gasteiger partial charge in [0.05, 0.1) is 48.0 Å². The van der Waals surface area contributed by atoms with Gasteiger partial charge in [-0.15, -0.1) is 0 Å². The number of nitrogens with one attached hydrogen (secondary N) is 3. The van der Waals surface area contributed by atoms with Crippen molar-refractivity contribution in [3.63, 3.8) is 0 Å². The Morgan fingerprint density at radius 2 is 1.78 bits per heavy atom. The van der Waals surface area contributed by atoms with Crippen LogP contribution in [0.3, 0.4) is 0 Å². The number of benzene rings is 2. The van der Waals surface area contributed by atoms with E-state index in [-0.39, 0.29) is 18.2 Å². The highest BCUT2D eigenvalue weighted by Gasteiger charge is 2.38. The van der Waals surface area contributed by atoms with Crippen molar-refractivity contribution in [2.75, 3.05) is 30.4 Å². The normalized spacial score (nSPS) is 17.7. The molecule has 3 amide bonds. The van der Waals surface area contributed by atoms with Crippen molar-refractivity contribution >= 4 is 67.9 Å². The number of hydrogen-bond acceptors (Lipinski definition) is 10. The van der Waals surface area contributed by atoms with Crippen LogP contribution in [0.1, 0.15) is 50.7 Å². The van der Waals surface area contributed by atoms with Crippen LogP contribution in [0, 0.1) is 5.92 Å². The lowest BCUT2D eigenvalue weighted by molar-refractivity contribution is 0.0476. The van der Waals surface area contributed by atoms with Crippen molar-refractivity contribution in [1.29, 1.82) is 0 Å². The lowest BCUT2D eigenvalue weighted by Gasteiger charge is -2.44. The van der Waals surface area contributed by atoms with E-state index < -0.39 is 35.8 Å². The van der Waals surface area contributed by atoms with Gasteiger partial charge < -0.3 is 35.1 Å². The van der Waals surface area contributed by atoms with Crippen LogP contribution in [0.2, 0.25) is 0 Å². The fourth-order valence-electron chi connectivity index (χ4n) is 5.80. The Kier molecular flexibility index (Phi) is 11.8. The molecule has 0 aliphatic carbocycles. The summed E-state index contributed by atoms with van der Waals surface area (Å²) in [5.41, 5.74) is 2.38. The van der Waals surface area contributed by atoms with Gasteiger partial charge in [-0.1, -0.05) is 59.3 Å². The number of nitrogens with zero attached hydrogens (tertiary/aromatic N) is 4. The summed E-state index contributed by atoms with van der Waals surface area (Å²) in [5.74, 6) is -0.288. The topological polar surface area (TPSA) is 156 Å². The number of alkyl carbamates (subject to hydrolysis) is 2. The first-order valence-electron chi connectivity index (χ1n) is 16.5. The summed E-state index contributed by atoms with van der Waals surface area (Å²) in [7, 11) is 1.29. The van der Waals surface area contributed by atoms with Crippen molar-refractivity contribution in [2.45, 2.75) is 58.9 Å². The van der Waals surface area contributed by atoms with Gasteiger partial charge in [-0.05, 0) is 56.5 Å². The zero-order chi connectivity index (χ0) is 36.7. The van der Waals surface area contributed by atoms with Crippen LogP contribution in [0.5, 0.6) is 0 Å². The van der Waals surface area contributed by atoms with Crippen LogP contribution in [0.15, 0.2) is 82.5 Å². The predicted octanol–water partition coefficient (Wildman–Crippen LogP) is 6.99. The number of piperidine rings is 1. The number of rotatable bonds is 8. The van der Waals surface area contributed by atoms with Crippen LogP contribution < -0.4 is 20.9 Å². The molecule has 268 valence electrons. The van der Waals surface area contributed by atoms with Crippen molar-refractivity contribution in [3.8, 4) is 0 Å². The molecule has 4 aromatic rings. The fourth-order valence-corrected chi connectivity index (χ4v) is 6.15. The number of amides is 3. The smallest absolute Gasteiger partial charge is 0.408 e. The number of pyridine rings is 2. The van der Waals surface area contributed by atoms with Gasteiger partial charge in [0.15, 0.2) is 11.6 Å². The maximum atomic E-state index is 14.1. The van der Waals surface area contributed by atoms with Gasteiger partial charge >= 0.3 is 12.2 Å². The van der Waals surface area contributed by atoms with Crippen LogP contribution in [0.25, 0.3) is 10.9 Å². The van der Waals surface area contributed by atoms with Gasteiger partial charge in [-0.3, -0.25) is 9.78 Å². The Balaban J connectivity index is 1.43. The van der Waals surface area contributed by atoms with Gasteiger partial charge in [-0.25, -0.2) is 19.6 Å². The van der Waals surface area contributed by atoms with E-state index >= 15 is 0 Å². The number of ether oxygens (including phenoxy) is 3. The van der Waals surface area contributed by atoms with E-state index in [0.29, 0.717) is 41.6 Å². The van der Waals surface area contributed by atoms with Crippen LogP contribution in [-0.4, -0.2) is 71.8 Å². The molecule has 3 heterocycles. The molecule has 3 unspecified atom stereocenters. The molecule has 5 rings (SSSR count). The molecule has 0 spiro atoms. The molecule has 3 atom stereocenters. The third kappa shape index (κ3) is 9.94. The minimum Gasteiger partial charge on any atom is -0.476 e. The lowest BCUT2D eigenvalue weighted by Crippen LogP contribution is -2.64. The molecule has 0 radical (unpaired) electrons. The van der Waals surface area contributed by atoms with Gasteiger partial charge in [0.25, 0.3) is 5.91 Å². The second kappa shape index (κ2) is 16.2. The maximum absolute atomic E-state index is 14.1. The van der Waals surface area contributed by atoms with Crippen molar-refractivity contribution < 1.29 is 28.6 Å². The molecular formula is C37H42BrN7O6. The monoisotopic (exact) mass is 759 g/mol. The summed E-state index contributed by atoms with van der Waals surface area (Å²) in [6, 6.07) is 17.9. The number of anilines is 2. The second-order valence-electron chi connectivity index (χ2n) is 13.2. The summed E-state index contributed by atoms with van der Waals surface area (Å²) in [6.07, 6.45) is 1.95. The number of carbonyl (C=O) groups excluding carboxylic acids is 3. The van der Waals surface area contributed by atoms with E-state index in [0.717, 1.165) is 15.4 Å². The molecule has 1 aliphatic heterocycles. The quantitative estimate of drug-likeness (QED) is 0.127. The minimum atomic E-state index is -0.722. The van der Waals surface area contributed by atoms with Gasteiger partial charge in [0.2, 0.25) is 0 Å². The molecule has 1 aliphatic rings. The average molecular weight is 761 g/mol. The average Bonchev–Trinajstić information content (AvgIpc) is 3.08. The number of aromatic nitrogens is 2. The Labute approximate surface area is 305 Å². The zero-order valence-corrected chi connectivity index (χ0v) is 31.0. The molecule has 2 aromatic carbocycles. The maximum Gasteiger partial charge on any atom is 0.408 e. The van der Waals surface area contributed by atoms with Crippen LogP contribution in [0.4, 0.5) is 26.7 Å². The highest BCUT2D eigenvalue weighted by atomic mass is 79.9. The first-order chi connectivity index (χ1) is 24.3. The van der Waals surface area contributed by atoms with E-state index in [4.69, 9.17) is 19.2 Å². The number of carbonyl (C=O) groups is 3. The van der Waals surface area contributed by atoms with Crippen molar-refractivity contribution in [1.82, 2.24) is 20.6 Å². The van der Waals surface area contributed by atoms with Gasteiger partial charge in [0, 0.05) is 36.1 Å². The predicted molar refractivity (Wildman–Crippen MR) is 199 cm³/mol. The summed E-state index contributed by atoms with van der Waals surface area (Å²) >= 11 is 3.50.